The quantitative estimate of drug-likeness (QED) is 0.279. The first kappa shape index (κ1) is 24.1. The summed E-state index contributed by atoms with van der Waals surface area (Å²) in [6, 6.07) is 12.8. The van der Waals surface area contributed by atoms with Crippen LogP contribution in [-0.2, 0) is 27.4 Å². The van der Waals surface area contributed by atoms with E-state index in [0.29, 0.717) is 0 Å². The SMILES string of the molecule is O=C(OCc1ccccc1)N(CCOCCOCCO)Cc1cc(O)ccc1[N+](=O)[O-]. The van der Waals surface area contributed by atoms with E-state index in [1.54, 1.807) is 0 Å². The molecule has 0 aromatic heterocycles. The molecule has 0 radical (unpaired) electrons. The van der Waals surface area contributed by atoms with Crippen molar-refractivity contribution in [1.29, 1.82) is 0 Å². The van der Waals surface area contributed by atoms with Crippen LogP contribution in [0.3, 0.4) is 0 Å². The molecule has 2 N–H and O–H groups in total. The highest BCUT2D eigenvalue weighted by Gasteiger charge is 2.21. The fourth-order valence-electron chi connectivity index (χ4n) is 2.69. The zero-order chi connectivity index (χ0) is 22.5. The zero-order valence-corrected chi connectivity index (χ0v) is 17.0. The molecule has 0 bridgehead atoms. The lowest BCUT2D eigenvalue weighted by Crippen LogP contribution is -2.34. The van der Waals surface area contributed by atoms with E-state index >= 15 is 0 Å². The predicted octanol–water partition coefficient (Wildman–Crippen LogP) is 2.46. The molecule has 0 unspecified atom stereocenters. The molecule has 0 saturated carbocycles. The van der Waals surface area contributed by atoms with Gasteiger partial charge in [-0.25, -0.2) is 4.79 Å². The Hall–Kier alpha value is -3.21. The Morgan fingerprint density at radius 1 is 1.03 bits per heavy atom. The summed E-state index contributed by atoms with van der Waals surface area (Å²) in [5.41, 5.74) is 0.765. The van der Waals surface area contributed by atoms with E-state index in [2.05, 4.69) is 0 Å². The number of phenolic OH excluding ortho intramolecular Hbond substituents is 1. The van der Waals surface area contributed by atoms with Crippen molar-refractivity contribution in [3.05, 3.63) is 69.8 Å². The monoisotopic (exact) mass is 434 g/mol. The van der Waals surface area contributed by atoms with Crippen molar-refractivity contribution in [2.75, 3.05) is 39.6 Å². The third-order valence-corrected chi connectivity index (χ3v) is 4.20. The lowest BCUT2D eigenvalue weighted by Gasteiger charge is -2.22. The van der Waals surface area contributed by atoms with Crippen molar-refractivity contribution in [2.24, 2.45) is 0 Å². The number of rotatable bonds is 13. The summed E-state index contributed by atoms with van der Waals surface area (Å²) in [7, 11) is 0. The number of hydrogen-bond acceptors (Lipinski definition) is 8. The Kier molecular flexibility index (Phi) is 10.2. The van der Waals surface area contributed by atoms with Crippen LogP contribution in [0.1, 0.15) is 11.1 Å². The molecule has 0 saturated heterocycles. The number of aromatic hydroxyl groups is 1. The molecule has 1 amide bonds. The van der Waals surface area contributed by atoms with E-state index in [0.717, 1.165) is 5.56 Å². The number of aliphatic hydroxyl groups excluding tert-OH is 1. The molecule has 0 fully saturated rings. The van der Waals surface area contributed by atoms with E-state index in [9.17, 15) is 20.0 Å². The molecule has 0 aliphatic carbocycles. The van der Waals surface area contributed by atoms with Crippen LogP contribution >= 0.6 is 0 Å². The van der Waals surface area contributed by atoms with Gasteiger partial charge in [0.05, 0.1) is 50.1 Å². The van der Waals surface area contributed by atoms with Gasteiger partial charge in [0.25, 0.3) is 5.69 Å². The largest absolute Gasteiger partial charge is 0.508 e. The van der Waals surface area contributed by atoms with E-state index < -0.39 is 11.0 Å². The first-order chi connectivity index (χ1) is 15.0. The van der Waals surface area contributed by atoms with Crippen LogP contribution < -0.4 is 0 Å². The maximum Gasteiger partial charge on any atom is 0.410 e. The van der Waals surface area contributed by atoms with Crippen LogP contribution in [0.2, 0.25) is 0 Å². The molecule has 2 aromatic rings. The highest BCUT2D eigenvalue weighted by Crippen LogP contribution is 2.25. The number of nitro groups is 1. The Balaban J connectivity index is 2.02. The summed E-state index contributed by atoms with van der Waals surface area (Å²) in [6.07, 6.45) is -0.665. The number of nitro benzene ring substituents is 1. The Morgan fingerprint density at radius 2 is 1.74 bits per heavy atom. The molecule has 31 heavy (non-hydrogen) atoms. The molecule has 2 rings (SSSR count). The van der Waals surface area contributed by atoms with Gasteiger partial charge in [-0.1, -0.05) is 30.3 Å². The van der Waals surface area contributed by atoms with Crippen LogP contribution in [0, 0.1) is 10.1 Å². The van der Waals surface area contributed by atoms with Gasteiger partial charge in [0.15, 0.2) is 0 Å². The molecule has 10 nitrogen and oxygen atoms in total. The average molecular weight is 434 g/mol. The molecular formula is C21H26N2O8. The van der Waals surface area contributed by atoms with E-state index in [-0.39, 0.29) is 69.7 Å². The lowest BCUT2D eigenvalue weighted by atomic mass is 10.1. The summed E-state index contributed by atoms with van der Waals surface area (Å²) in [5.74, 6) is -0.143. The van der Waals surface area contributed by atoms with Gasteiger partial charge in [-0.15, -0.1) is 0 Å². The van der Waals surface area contributed by atoms with Gasteiger partial charge in [0.1, 0.15) is 12.4 Å². The normalized spacial score (nSPS) is 10.6. The van der Waals surface area contributed by atoms with Gasteiger partial charge < -0.3 is 29.3 Å². The van der Waals surface area contributed by atoms with Crippen molar-refractivity contribution in [3.8, 4) is 5.75 Å². The number of amides is 1. The minimum atomic E-state index is -0.665. The molecular weight excluding hydrogens is 408 g/mol. The molecule has 0 heterocycles. The molecule has 0 aliphatic rings. The first-order valence-corrected chi connectivity index (χ1v) is 9.69. The lowest BCUT2D eigenvalue weighted by molar-refractivity contribution is -0.385. The second-order valence-electron chi connectivity index (χ2n) is 6.48. The summed E-state index contributed by atoms with van der Waals surface area (Å²) in [4.78, 5) is 24.7. The molecule has 0 spiro atoms. The Labute approximate surface area is 179 Å². The minimum Gasteiger partial charge on any atom is -0.508 e. The number of phenols is 1. The Morgan fingerprint density at radius 3 is 2.42 bits per heavy atom. The maximum absolute atomic E-state index is 12.7. The third kappa shape index (κ3) is 8.59. The van der Waals surface area contributed by atoms with Crippen LogP contribution in [-0.4, -0.2) is 65.7 Å². The first-order valence-electron chi connectivity index (χ1n) is 9.69. The van der Waals surface area contributed by atoms with Gasteiger partial charge in [-0.05, 0) is 17.7 Å². The molecule has 0 aliphatic heterocycles. The fraction of sp³-hybridized carbons (Fsp3) is 0.381. The second kappa shape index (κ2) is 13.2. The fourth-order valence-corrected chi connectivity index (χ4v) is 2.69. The number of aliphatic hydroxyl groups is 1. The number of ether oxygens (including phenoxy) is 3. The summed E-state index contributed by atoms with van der Waals surface area (Å²) < 4.78 is 15.9. The van der Waals surface area contributed by atoms with Crippen molar-refractivity contribution < 1.29 is 34.1 Å². The third-order valence-electron chi connectivity index (χ3n) is 4.20. The summed E-state index contributed by atoms with van der Waals surface area (Å²) in [5, 5.41) is 29.7. The Bertz CT molecular complexity index is 831. The summed E-state index contributed by atoms with van der Waals surface area (Å²) >= 11 is 0. The predicted molar refractivity (Wildman–Crippen MR) is 111 cm³/mol. The average Bonchev–Trinajstić information content (AvgIpc) is 2.76. The second-order valence-corrected chi connectivity index (χ2v) is 6.48. The van der Waals surface area contributed by atoms with Gasteiger partial charge in [0, 0.05) is 12.6 Å². The smallest absolute Gasteiger partial charge is 0.410 e. The van der Waals surface area contributed by atoms with Gasteiger partial charge in [-0.3, -0.25) is 10.1 Å². The van der Waals surface area contributed by atoms with E-state index in [4.69, 9.17) is 19.3 Å². The number of carbonyl (C=O) groups excluding carboxylic acids is 1. The number of carbonyl (C=O) groups is 1. The highest BCUT2D eigenvalue weighted by molar-refractivity contribution is 5.68. The molecule has 0 atom stereocenters. The summed E-state index contributed by atoms with van der Waals surface area (Å²) in [6.45, 7) is 0.856. The highest BCUT2D eigenvalue weighted by atomic mass is 16.6. The van der Waals surface area contributed by atoms with Crippen molar-refractivity contribution in [1.82, 2.24) is 4.90 Å². The van der Waals surface area contributed by atoms with Crippen molar-refractivity contribution in [2.45, 2.75) is 13.2 Å². The van der Waals surface area contributed by atoms with Crippen LogP contribution in [0.5, 0.6) is 5.75 Å². The van der Waals surface area contributed by atoms with Gasteiger partial charge in [0.2, 0.25) is 0 Å². The number of hydrogen-bond donors (Lipinski definition) is 2. The van der Waals surface area contributed by atoms with Gasteiger partial charge >= 0.3 is 6.09 Å². The minimum absolute atomic E-state index is 0.0498. The van der Waals surface area contributed by atoms with Gasteiger partial charge in [-0.2, -0.15) is 0 Å². The standard InChI is InChI=1S/C21H26N2O8/c24-9-11-30-13-12-29-10-8-22(21(26)31-16-17-4-2-1-3-5-17)15-18-14-19(25)6-7-20(18)23(27)28/h1-7,14,24-25H,8-13,15-16H2. The molecule has 2 aromatic carbocycles. The number of benzene rings is 2. The van der Waals surface area contributed by atoms with Crippen molar-refractivity contribution in [3.63, 3.8) is 0 Å². The van der Waals surface area contributed by atoms with Crippen LogP contribution in [0.4, 0.5) is 10.5 Å². The molecule has 10 heteroatoms. The van der Waals surface area contributed by atoms with E-state index in [1.165, 1.54) is 23.1 Å². The van der Waals surface area contributed by atoms with Crippen molar-refractivity contribution >= 4 is 11.8 Å². The zero-order valence-electron chi connectivity index (χ0n) is 17.0. The van der Waals surface area contributed by atoms with E-state index in [1.807, 2.05) is 30.3 Å². The molecule has 168 valence electrons. The number of nitrogens with zero attached hydrogens (tertiary/aromatic N) is 2. The topological polar surface area (TPSA) is 132 Å². The maximum atomic E-state index is 12.7. The van der Waals surface area contributed by atoms with Crippen LogP contribution in [0.15, 0.2) is 48.5 Å². The van der Waals surface area contributed by atoms with Crippen LogP contribution in [0.25, 0.3) is 0 Å².